The minimum absolute atomic E-state index is 0.170. The summed E-state index contributed by atoms with van der Waals surface area (Å²) in [7, 11) is 0. The average Bonchev–Trinajstić information content (AvgIpc) is 2.84. The Bertz CT molecular complexity index is 270. The highest BCUT2D eigenvalue weighted by Gasteiger charge is 2.16. The van der Waals surface area contributed by atoms with Gasteiger partial charge in [-0.05, 0) is 32.1 Å². The van der Waals surface area contributed by atoms with Crippen LogP contribution in [0.2, 0.25) is 0 Å². The molecule has 1 aliphatic heterocycles. The fourth-order valence-corrected chi connectivity index (χ4v) is 3.21. The van der Waals surface area contributed by atoms with Crippen LogP contribution in [0, 0.1) is 0 Å². The van der Waals surface area contributed by atoms with Gasteiger partial charge in [-0.1, -0.05) is 25.7 Å². The maximum Gasteiger partial charge on any atom is 0.220 e. The SMILES string of the molecule is O=C(CC[C@H]1CCCO1)NCCNC1CCCCCC1. The van der Waals surface area contributed by atoms with E-state index in [1.54, 1.807) is 0 Å². The second-order valence-electron chi connectivity index (χ2n) is 6.17. The number of carbonyl (C=O) groups excluding carboxylic acids is 1. The molecule has 2 fully saturated rings. The summed E-state index contributed by atoms with van der Waals surface area (Å²) < 4.78 is 5.53. The highest BCUT2D eigenvalue weighted by atomic mass is 16.5. The van der Waals surface area contributed by atoms with Crippen LogP contribution in [0.15, 0.2) is 0 Å². The van der Waals surface area contributed by atoms with Crippen molar-refractivity contribution in [1.82, 2.24) is 10.6 Å². The lowest BCUT2D eigenvalue weighted by atomic mass is 10.1. The molecule has 4 nitrogen and oxygen atoms in total. The number of nitrogens with one attached hydrogen (secondary N) is 2. The zero-order valence-electron chi connectivity index (χ0n) is 12.7. The molecular formula is C16H30N2O2. The molecule has 2 aliphatic rings. The van der Waals surface area contributed by atoms with Crippen LogP contribution in [0.25, 0.3) is 0 Å². The summed E-state index contributed by atoms with van der Waals surface area (Å²) in [4.78, 5) is 11.7. The molecule has 1 atom stereocenters. The zero-order valence-corrected chi connectivity index (χ0v) is 12.7. The summed E-state index contributed by atoms with van der Waals surface area (Å²) in [5, 5.41) is 6.58. The van der Waals surface area contributed by atoms with E-state index in [2.05, 4.69) is 10.6 Å². The predicted molar refractivity (Wildman–Crippen MR) is 80.7 cm³/mol. The van der Waals surface area contributed by atoms with Gasteiger partial charge in [-0.25, -0.2) is 0 Å². The van der Waals surface area contributed by atoms with Crippen LogP contribution < -0.4 is 10.6 Å². The van der Waals surface area contributed by atoms with Crippen LogP contribution in [0.1, 0.15) is 64.2 Å². The first-order chi connectivity index (χ1) is 9.84. The summed E-state index contributed by atoms with van der Waals surface area (Å²) in [6.07, 6.45) is 12.2. The monoisotopic (exact) mass is 282 g/mol. The first kappa shape index (κ1) is 15.8. The largest absolute Gasteiger partial charge is 0.378 e. The van der Waals surface area contributed by atoms with Crippen LogP contribution in [0.4, 0.5) is 0 Å². The molecule has 2 N–H and O–H groups in total. The molecule has 0 aromatic rings. The van der Waals surface area contributed by atoms with Crippen molar-refractivity contribution in [2.24, 2.45) is 0 Å². The van der Waals surface area contributed by atoms with E-state index in [-0.39, 0.29) is 5.91 Å². The molecule has 0 spiro atoms. The van der Waals surface area contributed by atoms with Crippen LogP contribution >= 0.6 is 0 Å². The number of rotatable bonds is 7. The third kappa shape index (κ3) is 6.23. The molecule has 20 heavy (non-hydrogen) atoms. The van der Waals surface area contributed by atoms with Crippen molar-refractivity contribution in [3.8, 4) is 0 Å². The number of hydrogen-bond acceptors (Lipinski definition) is 3. The summed E-state index contributed by atoms with van der Waals surface area (Å²) in [6.45, 7) is 2.52. The zero-order chi connectivity index (χ0) is 14.0. The lowest BCUT2D eigenvalue weighted by molar-refractivity contribution is -0.121. The van der Waals surface area contributed by atoms with E-state index >= 15 is 0 Å². The summed E-state index contributed by atoms with van der Waals surface area (Å²) in [5.74, 6) is 0.170. The van der Waals surface area contributed by atoms with Gasteiger partial charge in [0.2, 0.25) is 5.91 Å². The molecule has 4 heteroatoms. The summed E-state index contributed by atoms with van der Waals surface area (Å²) in [6, 6.07) is 0.668. The van der Waals surface area contributed by atoms with Crippen LogP contribution in [-0.2, 0) is 9.53 Å². The number of carbonyl (C=O) groups is 1. The highest BCUT2D eigenvalue weighted by Crippen LogP contribution is 2.17. The highest BCUT2D eigenvalue weighted by molar-refractivity contribution is 5.75. The van der Waals surface area contributed by atoms with Crippen LogP contribution in [0.5, 0.6) is 0 Å². The molecule has 1 aliphatic carbocycles. The van der Waals surface area contributed by atoms with E-state index in [0.29, 0.717) is 18.6 Å². The Kier molecular flexibility index (Phi) is 7.37. The molecular weight excluding hydrogens is 252 g/mol. The molecule has 1 saturated carbocycles. The van der Waals surface area contributed by atoms with E-state index in [1.165, 1.54) is 38.5 Å². The van der Waals surface area contributed by atoms with Crippen molar-refractivity contribution in [2.75, 3.05) is 19.7 Å². The molecule has 116 valence electrons. The lowest BCUT2D eigenvalue weighted by Gasteiger charge is -2.16. The Morgan fingerprint density at radius 3 is 2.50 bits per heavy atom. The lowest BCUT2D eigenvalue weighted by Crippen LogP contribution is -2.37. The van der Waals surface area contributed by atoms with Crippen LogP contribution in [0.3, 0.4) is 0 Å². The van der Waals surface area contributed by atoms with Gasteiger partial charge in [0.25, 0.3) is 0 Å². The van der Waals surface area contributed by atoms with Gasteiger partial charge < -0.3 is 15.4 Å². The Morgan fingerprint density at radius 1 is 1.00 bits per heavy atom. The third-order valence-electron chi connectivity index (χ3n) is 4.45. The summed E-state index contributed by atoms with van der Waals surface area (Å²) >= 11 is 0. The first-order valence-corrected chi connectivity index (χ1v) is 8.46. The van der Waals surface area contributed by atoms with Crippen molar-refractivity contribution >= 4 is 5.91 Å². The number of hydrogen-bond donors (Lipinski definition) is 2. The van der Waals surface area contributed by atoms with Crippen molar-refractivity contribution in [2.45, 2.75) is 76.4 Å². The fourth-order valence-electron chi connectivity index (χ4n) is 3.21. The van der Waals surface area contributed by atoms with E-state index < -0.39 is 0 Å². The molecule has 1 amide bonds. The molecule has 0 aromatic heterocycles. The number of ether oxygens (including phenoxy) is 1. The standard InChI is InChI=1S/C16H30N2O2/c19-16(10-9-15-8-5-13-20-15)18-12-11-17-14-6-3-1-2-4-7-14/h14-15,17H,1-13H2,(H,18,19)/t15-/m1/s1. The van der Waals surface area contributed by atoms with Gasteiger partial charge in [0.1, 0.15) is 0 Å². The Balaban J connectivity index is 1.46. The van der Waals surface area contributed by atoms with E-state index in [9.17, 15) is 4.79 Å². The molecule has 0 unspecified atom stereocenters. The smallest absolute Gasteiger partial charge is 0.220 e. The molecule has 1 heterocycles. The van der Waals surface area contributed by atoms with E-state index in [0.717, 1.165) is 39.0 Å². The quantitative estimate of drug-likeness (QED) is 0.557. The van der Waals surface area contributed by atoms with Crippen molar-refractivity contribution < 1.29 is 9.53 Å². The van der Waals surface area contributed by atoms with Gasteiger partial charge in [0.05, 0.1) is 6.10 Å². The van der Waals surface area contributed by atoms with Crippen molar-refractivity contribution in [3.63, 3.8) is 0 Å². The maximum absolute atomic E-state index is 11.7. The summed E-state index contributed by atoms with van der Waals surface area (Å²) in [5.41, 5.74) is 0. The van der Waals surface area contributed by atoms with E-state index in [4.69, 9.17) is 4.74 Å². The normalized spacial score (nSPS) is 24.5. The minimum atomic E-state index is 0.170. The molecule has 1 saturated heterocycles. The molecule has 0 radical (unpaired) electrons. The van der Waals surface area contributed by atoms with Crippen molar-refractivity contribution in [3.05, 3.63) is 0 Å². The predicted octanol–water partition coefficient (Wildman–Crippen LogP) is 2.37. The Morgan fingerprint density at radius 2 is 1.80 bits per heavy atom. The van der Waals surface area contributed by atoms with Gasteiger partial charge in [0, 0.05) is 32.2 Å². The first-order valence-electron chi connectivity index (χ1n) is 8.46. The topological polar surface area (TPSA) is 50.4 Å². The minimum Gasteiger partial charge on any atom is -0.378 e. The van der Waals surface area contributed by atoms with Gasteiger partial charge >= 0.3 is 0 Å². The van der Waals surface area contributed by atoms with Gasteiger partial charge in [-0.2, -0.15) is 0 Å². The Hall–Kier alpha value is -0.610. The van der Waals surface area contributed by atoms with E-state index in [1.807, 2.05) is 0 Å². The van der Waals surface area contributed by atoms with Crippen molar-refractivity contribution in [1.29, 1.82) is 0 Å². The molecule has 0 bridgehead atoms. The molecule has 0 aromatic carbocycles. The third-order valence-corrected chi connectivity index (χ3v) is 4.45. The Labute approximate surface area is 123 Å². The fraction of sp³-hybridized carbons (Fsp3) is 0.938. The van der Waals surface area contributed by atoms with Gasteiger partial charge in [-0.15, -0.1) is 0 Å². The average molecular weight is 282 g/mol. The van der Waals surface area contributed by atoms with Gasteiger partial charge in [-0.3, -0.25) is 4.79 Å². The van der Waals surface area contributed by atoms with Crippen LogP contribution in [-0.4, -0.2) is 37.7 Å². The molecule has 2 rings (SSSR count). The number of amides is 1. The maximum atomic E-state index is 11.7. The van der Waals surface area contributed by atoms with Gasteiger partial charge in [0.15, 0.2) is 0 Å². The second kappa shape index (κ2) is 9.35. The second-order valence-corrected chi connectivity index (χ2v) is 6.17.